The number of benzene rings is 1. The van der Waals surface area contributed by atoms with Gasteiger partial charge in [-0.15, -0.1) is 0 Å². The molecule has 10 heteroatoms. The van der Waals surface area contributed by atoms with Crippen molar-refractivity contribution in [3.63, 3.8) is 0 Å². The van der Waals surface area contributed by atoms with Crippen LogP contribution in [0.2, 0.25) is 5.02 Å². The van der Waals surface area contributed by atoms with Gasteiger partial charge in [-0.05, 0) is 55.7 Å². The molecule has 3 aromatic heterocycles. The number of nitrogens with one attached hydrogen (secondary N) is 4. The summed E-state index contributed by atoms with van der Waals surface area (Å²) in [6, 6.07) is 9.55. The van der Waals surface area contributed by atoms with E-state index in [0.717, 1.165) is 33.6 Å². The van der Waals surface area contributed by atoms with Crippen LogP contribution in [0.15, 0.2) is 42.7 Å². The molecule has 1 aromatic carbocycles. The van der Waals surface area contributed by atoms with Crippen molar-refractivity contribution >= 4 is 40.8 Å². The Bertz CT molecular complexity index is 1320. The lowest BCUT2D eigenvalue weighted by Gasteiger charge is -2.14. The lowest BCUT2D eigenvalue weighted by atomic mass is 9.98. The van der Waals surface area contributed by atoms with Crippen LogP contribution in [0, 0.1) is 20.8 Å². The van der Waals surface area contributed by atoms with E-state index in [2.05, 4.69) is 47.2 Å². The highest BCUT2D eigenvalue weighted by Gasteiger charge is 2.12. The van der Waals surface area contributed by atoms with Gasteiger partial charge in [0.25, 0.3) is 5.91 Å². The first-order chi connectivity index (χ1) is 15.8. The second-order valence-electron chi connectivity index (χ2n) is 7.57. The third-order valence-electron chi connectivity index (χ3n) is 5.05. The van der Waals surface area contributed by atoms with Crippen molar-refractivity contribution < 1.29 is 4.79 Å². The molecule has 0 saturated heterocycles. The maximum absolute atomic E-state index is 11.7. The largest absolute Gasteiger partial charge is 0.354 e. The van der Waals surface area contributed by atoms with E-state index < -0.39 is 0 Å². The summed E-state index contributed by atoms with van der Waals surface area (Å²) in [5, 5.41) is 16.3. The molecule has 0 bridgehead atoms. The molecule has 4 rings (SSSR count). The molecule has 0 unspecified atom stereocenters. The van der Waals surface area contributed by atoms with Gasteiger partial charge in [0.1, 0.15) is 10.7 Å². The fourth-order valence-electron chi connectivity index (χ4n) is 3.32. The molecule has 0 atom stereocenters. The molecule has 168 valence electrons. The number of carbonyl (C=O) groups is 1. The van der Waals surface area contributed by atoms with E-state index in [1.54, 1.807) is 19.3 Å². The number of nitrogens with zero attached hydrogens (tertiary/aromatic N) is 4. The molecule has 0 saturated carbocycles. The van der Waals surface area contributed by atoms with Gasteiger partial charge >= 0.3 is 0 Å². The predicted molar refractivity (Wildman–Crippen MR) is 129 cm³/mol. The normalized spacial score (nSPS) is 10.7. The van der Waals surface area contributed by atoms with Crippen molar-refractivity contribution in [3.8, 4) is 11.1 Å². The second-order valence-corrected chi connectivity index (χ2v) is 7.98. The zero-order valence-electron chi connectivity index (χ0n) is 18.6. The van der Waals surface area contributed by atoms with Crippen molar-refractivity contribution in [3.05, 3.63) is 70.3 Å². The van der Waals surface area contributed by atoms with Crippen molar-refractivity contribution in [2.75, 3.05) is 17.7 Å². The van der Waals surface area contributed by atoms with Crippen molar-refractivity contribution in [1.82, 2.24) is 30.5 Å². The number of amides is 1. The molecule has 0 radical (unpaired) electrons. The summed E-state index contributed by atoms with van der Waals surface area (Å²) in [5.74, 6) is 1.26. The summed E-state index contributed by atoms with van der Waals surface area (Å²) in [5.41, 5.74) is 6.17. The van der Waals surface area contributed by atoms with Crippen LogP contribution in [-0.2, 0) is 0 Å². The van der Waals surface area contributed by atoms with Gasteiger partial charge in [0.05, 0.1) is 6.20 Å². The number of aromatic nitrogens is 5. The Kier molecular flexibility index (Phi) is 6.23. The van der Waals surface area contributed by atoms with E-state index in [0.29, 0.717) is 28.3 Å². The Morgan fingerprint density at radius 3 is 2.48 bits per heavy atom. The molecule has 0 aliphatic carbocycles. The fraction of sp³-hybridized carbons (Fsp3) is 0.174. The lowest BCUT2D eigenvalue weighted by molar-refractivity contribution is 0.0958. The quantitative estimate of drug-likeness (QED) is 0.328. The Hall–Kier alpha value is -3.98. The highest BCUT2D eigenvalue weighted by Crippen LogP contribution is 2.31. The Morgan fingerprint density at radius 2 is 1.82 bits per heavy atom. The number of hydrogen-bond acceptors (Lipinski definition) is 7. The van der Waals surface area contributed by atoms with E-state index in [-0.39, 0.29) is 5.91 Å². The summed E-state index contributed by atoms with van der Waals surface area (Å²) in [6.07, 6.45) is 3.24. The number of carbonyl (C=O) groups excluding carboxylic acids is 1. The maximum Gasteiger partial charge on any atom is 0.269 e. The van der Waals surface area contributed by atoms with Gasteiger partial charge in [0.15, 0.2) is 11.6 Å². The zero-order valence-corrected chi connectivity index (χ0v) is 19.4. The van der Waals surface area contributed by atoms with Crippen molar-refractivity contribution in [2.24, 2.45) is 0 Å². The summed E-state index contributed by atoms with van der Waals surface area (Å²) in [6.45, 7) is 5.93. The van der Waals surface area contributed by atoms with E-state index in [1.165, 1.54) is 6.20 Å². The zero-order chi connectivity index (χ0) is 23.5. The molecule has 1 amide bonds. The summed E-state index contributed by atoms with van der Waals surface area (Å²) in [4.78, 5) is 24.8. The number of aryl methyl sites for hydroxylation is 3. The highest BCUT2D eigenvalue weighted by atomic mass is 35.5. The smallest absolute Gasteiger partial charge is 0.269 e. The Balaban J connectivity index is 1.57. The molecule has 0 aliphatic heterocycles. The number of aromatic amines is 1. The number of H-pyrrole nitrogens is 1. The molecule has 0 aliphatic rings. The first-order valence-electron chi connectivity index (χ1n) is 10.2. The number of rotatable bonds is 6. The van der Waals surface area contributed by atoms with Crippen LogP contribution in [0.3, 0.4) is 0 Å². The minimum absolute atomic E-state index is 0.215. The summed E-state index contributed by atoms with van der Waals surface area (Å²) >= 11 is 6.26. The van der Waals surface area contributed by atoms with Crippen LogP contribution in [0.4, 0.5) is 23.3 Å². The first-order valence-corrected chi connectivity index (χ1v) is 10.6. The summed E-state index contributed by atoms with van der Waals surface area (Å²) in [7, 11) is 1.58. The van der Waals surface area contributed by atoms with Crippen LogP contribution in [0.1, 0.15) is 27.3 Å². The van der Waals surface area contributed by atoms with Gasteiger partial charge < -0.3 is 16.0 Å². The average Bonchev–Trinajstić information content (AvgIpc) is 3.22. The van der Waals surface area contributed by atoms with Gasteiger partial charge in [-0.2, -0.15) is 10.1 Å². The standard InChI is InChI=1S/C23H23ClN8O/c1-12-8-19(13(2)7-16(12)15-5-6-18(26-10-15)22(33)25-4)28-23-27-11-17(24)21(30-23)29-20-9-14(3)31-32-20/h5-11H,1-4H3,(H,25,33)(H3,27,28,29,30,31,32). The number of pyridine rings is 1. The van der Waals surface area contributed by atoms with E-state index >= 15 is 0 Å². The summed E-state index contributed by atoms with van der Waals surface area (Å²) < 4.78 is 0. The number of halogens is 1. The maximum atomic E-state index is 11.7. The van der Waals surface area contributed by atoms with Gasteiger partial charge in [0, 0.05) is 36.3 Å². The van der Waals surface area contributed by atoms with E-state index in [4.69, 9.17) is 11.6 Å². The number of hydrogen-bond donors (Lipinski definition) is 4. The van der Waals surface area contributed by atoms with Crippen LogP contribution in [0.25, 0.3) is 11.1 Å². The molecule has 3 heterocycles. The van der Waals surface area contributed by atoms with Crippen molar-refractivity contribution in [1.29, 1.82) is 0 Å². The molecule has 4 aromatic rings. The molecule has 0 fully saturated rings. The minimum atomic E-state index is -0.215. The Morgan fingerprint density at radius 1 is 1.00 bits per heavy atom. The predicted octanol–water partition coefficient (Wildman–Crippen LogP) is 4.69. The molecule has 9 nitrogen and oxygen atoms in total. The van der Waals surface area contributed by atoms with Gasteiger partial charge in [-0.3, -0.25) is 14.9 Å². The third-order valence-corrected chi connectivity index (χ3v) is 5.33. The van der Waals surface area contributed by atoms with Crippen LogP contribution in [0.5, 0.6) is 0 Å². The average molecular weight is 463 g/mol. The van der Waals surface area contributed by atoms with E-state index in [9.17, 15) is 4.79 Å². The molecule has 0 spiro atoms. The van der Waals surface area contributed by atoms with Gasteiger partial charge in [0.2, 0.25) is 5.95 Å². The monoisotopic (exact) mass is 462 g/mol. The fourth-order valence-corrected chi connectivity index (χ4v) is 3.45. The molecular weight excluding hydrogens is 440 g/mol. The lowest BCUT2D eigenvalue weighted by Crippen LogP contribution is -2.18. The van der Waals surface area contributed by atoms with Crippen LogP contribution in [-0.4, -0.2) is 38.1 Å². The topological polar surface area (TPSA) is 121 Å². The van der Waals surface area contributed by atoms with Crippen molar-refractivity contribution in [2.45, 2.75) is 20.8 Å². The van der Waals surface area contributed by atoms with Crippen LogP contribution >= 0.6 is 11.6 Å². The highest BCUT2D eigenvalue weighted by molar-refractivity contribution is 6.32. The minimum Gasteiger partial charge on any atom is -0.354 e. The van der Waals surface area contributed by atoms with Gasteiger partial charge in [-0.25, -0.2) is 4.98 Å². The molecule has 33 heavy (non-hydrogen) atoms. The number of anilines is 4. The molecule has 4 N–H and O–H groups in total. The van der Waals surface area contributed by atoms with Crippen LogP contribution < -0.4 is 16.0 Å². The van der Waals surface area contributed by atoms with E-state index in [1.807, 2.05) is 39.0 Å². The first kappa shape index (κ1) is 22.2. The van der Waals surface area contributed by atoms with Gasteiger partial charge in [-0.1, -0.05) is 17.7 Å². The molecular formula is C23H23ClN8O. The third kappa shape index (κ3) is 4.93. The second kappa shape index (κ2) is 9.25. The Labute approximate surface area is 196 Å². The SMILES string of the molecule is CNC(=O)c1ccc(-c2cc(C)c(Nc3ncc(Cl)c(Nc4cc(C)[nH]n4)n3)cc2C)cn1.